The van der Waals surface area contributed by atoms with Crippen LogP contribution in [0.15, 0.2) is 88.5 Å². The number of ketones is 1. The normalized spacial score (nSPS) is 15.5. The quantitative estimate of drug-likeness (QED) is 0.263. The summed E-state index contributed by atoms with van der Waals surface area (Å²) >= 11 is 6.09. The number of methoxy groups -OCH3 is 1. The molecule has 0 spiro atoms. The highest BCUT2D eigenvalue weighted by molar-refractivity contribution is 6.31. The fourth-order valence-electron chi connectivity index (χ4n) is 4.40. The Morgan fingerprint density at radius 3 is 2.57 bits per heavy atom. The van der Waals surface area contributed by atoms with Gasteiger partial charge in [-0.3, -0.25) is 14.5 Å². The van der Waals surface area contributed by atoms with Gasteiger partial charge in [0, 0.05) is 22.2 Å². The van der Waals surface area contributed by atoms with Gasteiger partial charge in [-0.05, 0) is 60.5 Å². The fraction of sp³-hybridized carbons (Fsp3) is 0.172. The first kappa shape index (κ1) is 24.5. The molecule has 0 saturated heterocycles. The monoisotopic (exact) mass is 517 g/mol. The number of hydrogen-bond donors (Lipinski definition) is 1. The van der Waals surface area contributed by atoms with E-state index in [4.69, 9.17) is 25.5 Å². The second-order valence-corrected chi connectivity index (χ2v) is 9.02. The van der Waals surface area contributed by atoms with Gasteiger partial charge in [-0.15, -0.1) is 0 Å². The molecule has 1 amide bonds. The molecule has 7 nitrogen and oxygen atoms in total. The Morgan fingerprint density at radius 1 is 1.05 bits per heavy atom. The first-order chi connectivity index (χ1) is 17.9. The molecule has 1 aliphatic rings. The highest BCUT2D eigenvalue weighted by Crippen LogP contribution is 2.43. The molecule has 0 fully saturated rings. The third kappa shape index (κ3) is 4.54. The molecular weight excluding hydrogens is 494 g/mol. The molecule has 0 aliphatic carbocycles. The summed E-state index contributed by atoms with van der Waals surface area (Å²) in [5.41, 5.74) is 1.47. The standard InChI is InChI=1S/C29H24ClNO6/c1-3-13-36-21-10-7-17(8-11-21)26-25(27(32)24-15-18-14-19(30)9-12-23(18)37-24)28(33)29(34)31(26)20-5-4-6-22(16-20)35-2/h4-12,14-16,26,33H,3,13H2,1-2H3. The van der Waals surface area contributed by atoms with Crippen molar-refractivity contribution >= 4 is 39.9 Å². The predicted molar refractivity (Wildman–Crippen MR) is 141 cm³/mol. The van der Waals surface area contributed by atoms with Crippen LogP contribution in [0.25, 0.3) is 11.0 Å². The molecule has 1 aromatic heterocycles. The van der Waals surface area contributed by atoms with Gasteiger partial charge in [0.1, 0.15) is 17.1 Å². The van der Waals surface area contributed by atoms with E-state index in [-0.39, 0.29) is 11.3 Å². The van der Waals surface area contributed by atoms with Crippen LogP contribution in [0.1, 0.15) is 35.5 Å². The molecule has 5 rings (SSSR count). The number of Topliss-reactive ketones (excluding diaryl/α,β-unsaturated/α-hetero) is 1. The maximum atomic E-state index is 13.8. The Bertz CT molecular complexity index is 1520. The van der Waals surface area contributed by atoms with Crippen molar-refractivity contribution in [2.75, 3.05) is 18.6 Å². The lowest BCUT2D eigenvalue weighted by Gasteiger charge is -2.27. The molecular formula is C29H24ClNO6. The van der Waals surface area contributed by atoms with E-state index in [2.05, 4.69) is 0 Å². The summed E-state index contributed by atoms with van der Waals surface area (Å²) in [7, 11) is 1.52. The molecule has 4 aromatic rings. The highest BCUT2D eigenvalue weighted by atomic mass is 35.5. The van der Waals surface area contributed by atoms with Crippen molar-refractivity contribution in [3.63, 3.8) is 0 Å². The van der Waals surface area contributed by atoms with E-state index >= 15 is 0 Å². The van der Waals surface area contributed by atoms with E-state index < -0.39 is 23.5 Å². The number of fused-ring (bicyclic) bond motifs is 1. The van der Waals surface area contributed by atoms with E-state index in [1.54, 1.807) is 72.8 Å². The number of hydrogen-bond acceptors (Lipinski definition) is 6. The van der Waals surface area contributed by atoms with Crippen molar-refractivity contribution in [3.05, 3.63) is 100 Å². The molecule has 8 heteroatoms. The van der Waals surface area contributed by atoms with Crippen LogP contribution >= 0.6 is 11.6 Å². The van der Waals surface area contributed by atoms with Gasteiger partial charge < -0.3 is 19.0 Å². The zero-order valence-corrected chi connectivity index (χ0v) is 21.0. The number of halogens is 1. The SMILES string of the molecule is CCCOc1ccc(C2C(C(=O)c3cc4cc(Cl)ccc4o3)=C(O)C(=O)N2c2cccc(OC)c2)cc1. The van der Waals surface area contributed by atoms with Gasteiger partial charge >= 0.3 is 0 Å². The van der Waals surface area contributed by atoms with Crippen molar-refractivity contribution in [2.24, 2.45) is 0 Å². The van der Waals surface area contributed by atoms with Crippen molar-refractivity contribution in [2.45, 2.75) is 19.4 Å². The first-order valence-corrected chi connectivity index (χ1v) is 12.2. The summed E-state index contributed by atoms with van der Waals surface area (Å²) in [4.78, 5) is 28.6. The fourth-order valence-corrected chi connectivity index (χ4v) is 4.58. The molecule has 2 heterocycles. The Balaban J connectivity index is 1.61. The van der Waals surface area contributed by atoms with Gasteiger partial charge in [0.15, 0.2) is 11.5 Å². The average molecular weight is 518 g/mol. The van der Waals surface area contributed by atoms with Crippen LogP contribution in [-0.4, -0.2) is 30.5 Å². The summed E-state index contributed by atoms with van der Waals surface area (Å²) in [5, 5.41) is 12.2. The number of amides is 1. The molecule has 0 radical (unpaired) electrons. The summed E-state index contributed by atoms with van der Waals surface area (Å²) in [6, 6.07) is 19.6. The Labute approximate surface area is 218 Å². The molecule has 1 atom stereocenters. The number of furan rings is 1. The zero-order chi connectivity index (χ0) is 26.1. The summed E-state index contributed by atoms with van der Waals surface area (Å²) in [5.74, 6) is -0.750. The summed E-state index contributed by atoms with van der Waals surface area (Å²) in [6.45, 7) is 2.58. The van der Waals surface area contributed by atoms with E-state index in [1.807, 2.05) is 6.92 Å². The molecule has 1 aliphatic heterocycles. The third-order valence-electron chi connectivity index (χ3n) is 6.16. The molecule has 0 saturated carbocycles. The molecule has 1 N–H and O–H groups in total. The number of carbonyl (C=O) groups excluding carboxylic acids is 2. The average Bonchev–Trinajstić information content (AvgIpc) is 3.45. The van der Waals surface area contributed by atoms with Crippen molar-refractivity contribution in [3.8, 4) is 11.5 Å². The van der Waals surface area contributed by atoms with Gasteiger partial charge in [0.2, 0.25) is 5.78 Å². The number of aliphatic hydroxyl groups is 1. The van der Waals surface area contributed by atoms with Crippen LogP contribution in [0, 0.1) is 0 Å². The van der Waals surface area contributed by atoms with Gasteiger partial charge in [0.05, 0.1) is 25.3 Å². The van der Waals surface area contributed by atoms with Crippen LogP contribution in [0.5, 0.6) is 11.5 Å². The minimum atomic E-state index is -0.913. The largest absolute Gasteiger partial charge is 0.503 e. The maximum absolute atomic E-state index is 13.8. The van der Waals surface area contributed by atoms with Crippen LogP contribution in [-0.2, 0) is 4.79 Å². The van der Waals surface area contributed by atoms with E-state index in [1.165, 1.54) is 12.0 Å². The Morgan fingerprint density at radius 2 is 1.84 bits per heavy atom. The number of anilines is 1. The minimum Gasteiger partial charge on any atom is -0.503 e. The minimum absolute atomic E-state index is 0.00740. The van der Waals surface area contributed by atoms with Crippen LogP contribution in [0.2, 0.25) is 5.02 Å². The molecule has 3 aromatic carbocycles. The van der Waals surface area contributed by atoms with Crippen molar-refractivity contribution in [1.29, 1.82) is 0 Å². The number of aliphatic hydroxyl groups excluding tert-OH is 1. The zero-order valence-electron chi connectivity index (χ0n) is 20.2. The van der Waals surface area contributed by atoms with Crippen molar-refractivity contribution < 1.29 is 28.6 Å². The summed E-state index contributed by atoms with van der Waals surface area (Å²) < 4.78 is 16.8. The lowest BCUT2D eigenvalue weighted by atomic mass is 9.94. The maximum Gasteiger partial charge on any atom is 0.294 e. The molecule has 0 bridgehead atoms. The van der Waals surface area contributed by atoms with Gasteiger partial charge in [-0.1, -0.05) is 36.7 Å². The number of ether oxygens (including phenoxy) is 2. The molecule has 188 valence electrons. The van der Waals surface area contributed by atoms with E-state index in [0.29, 0.717) is 45.3 Å². The molecule has 37 heavy (non-hydrogen) atoms. The number of rotatable bonds is 8. The van der Waals surface area contributed by atoms with Crippen LogP contribution < -0.4 is 14.4 Å². The molecule has 1 unspecified atom stereocenters. The number of carbonyl (C=O) groups is 2. The lowest BCUT2D eigenvalue weighted by Crippen LogP contribution is -2.31. The van der Waals surface area contributed by atoms with Crippen LogP contribution in [0.3, 0.4) is 0 Å². The number of nitrogens with zero attached hydrogens (tertiary/aromatic N) is 1. The second-order valence-electron chi connectivity index (χ2n) is 8.58. The van der Waals surface area contributed by atoms with Gasteiger partial charge in [0.25, 0.3) is 5.91 Å². The van der Waals surface area contributed by atoms with E-state index in [9.17, 15) is 14.7 Å². The summed E-state index contributed by atoms with van der Waals surface area (Å²) in [6.07, 6.45) is 0.862. The Kier molecular flexibility index (Phi) is 6.63. The highest BCUT2D eigenvalue weighted by Gasteiger charge is 2.45. The Hall–Kier alpha value is -4.23. The predicted octanol–water partition coefficient (Wildman–Crippen LogP) is 6.67. The topological polar surface area (TPSA) is 89.2 Å². The van der Waals surface area contributed by atoms with E-state index in [0.717, 1.165) is 6.42 Å². The smallest absolute Gasteiger partial charge is 0.294 e. The third-order valence-corrected chi connectivity index (χ3v) is 6.39. The van der Waals surface area contributed by atoms with Gasteiger partial charge in [-0.2, -0.15) is 0 Å². The van der Waals surface area contributed by atoms with Crippen LogP contribution in [0.4, 0.5) is 5.69 Å². The lowest BCUT2D eigenvalue weighted by molar-refractivity contribution is -0.117. The number of benzene rings is 3. The van der Waals surface area contributed by atoms with Crippen molar-refractivity contribution in [1.82, 2.24) is 0 Å². The first-order valence-electron chi connectivity index (χ1n) is 11.8. The van der Waals surface area contributed by atoms with Gasteiger partial charge in [-0.25, -0.2) is 0 Å². The second kappa shape index (κ2) is 10.0.